The highest BCUT2D eigenvalue weighted by molar-refractivity contribution is 6.30. The zero-order chi connectivity index (χ0) is 16.2. The normalized spacial score (nSPS) is 16.1. The van der Waals surface area contributed by atoms with Gasteiger partial charge in [0.05, 0.1) is 11.4 Å². The number of carbonyl (C=O) groups excluding carboxylic acids is 1. The molecule has 0 atom stereocenters. The summed E-state index contributed by atoms with van der Waals surface area (Å²) in [5.41, 5.74) is 1.91. The Morgan fingerprint density at radius 1 is 1.26 bits per heavy atom. The van der Waals surface area contributed by atoms with Gasteiger partial charge in [-0.1, -0.05) is 48.6 Å². The summed E-state index contributed by atoms with van der Waals surface area (Å²) >= 11 is 6.02. The molecule has 23 heavy (non-hydrogen) atoms. The Kier molecular flexibility index (Phi) is 4.96. The quantitative estimate of drug-likeness (QED) is 0.872. The summed E-state index contributed by atoms with van der Waals surface area (Å²) in [7, 11) is 0. The fraction of sp³-hybridized carbons (Fsp3) is 0.471. The summed E-state index contributed by atoms with van der Waals surface area (Å²) in [4.78, 5) is 12.5. The van der Waals surface area contributed by atoms with Crippen LogP contribution in [0.4, 0.5) is 0 Å². The molecule has 0 radical (unpaired) electrons. The van der Waals surface area contributed by atoms with E-state index in [0.717, 1.165) is 24.2 Å². The van der Waals surface area contributed by atoms with Crippen molar-refractivity contribution in [3.05, 3.63) is 40.7 Å². The van der Waals surface area contributed by atoms with Crippen molar-refractivity contribution < 1.29 is 4.79 Å². The molecule has 3 rings (SSSR count). The number of benzene rings is 1. The molecule has 1 saturated carbocycles. The van der Waals surface area contributed by atoms with E-state index in [9.17, 15) is 4.79 Å². The second kappa shape index (κ2) is 7.13. The molecule has 0 bridgehead atoms. The maximum atomic E-state index is 12.5. The van der Waals surface area contributed by atoms with Crippen LogP contribution in [0.5, 0.6) is 0 Å². The number of nitrogens with one attached hydrogen (secondary N) is 1. The van der Waals surface area contributed by atoms with E-state index >= 15 is 0 Å². The standard InChI is InChI=1S/C17H21ClN4O/c1-12-16(17(23)19-14-8-4-2-3-5-9-14)20-21-22(12)15-10-6-7-13(18)11-15/h6-7,10-11,14H,2-5,8-9H2,1H3,(H,19,23). The third-order valence-electron chi connectivity index (χ3n) is 4.35. The molecule has 1 fully saturated rings. The molecule has 1 amide bonds. The molecule has 2 aromatic rings. The van der Waals surface area contributed by atoms with Crippen LogP contribution >= 0.6 is 11.6 Å². The number of hydrogen-bond acceptors (Lipinski definition) is 3. The van der Waals surface area contributed by atoms with Crippen molar-refractivity contribution in [2.75, 3.05) is 0 Å². The molecule has 0 saturated heterocycles. The minimum atomic E-state index is -0.136. The van der Waals surface area contributed by atoms with E-state index in [0.29, 0.717) is 10.7 Å². The summed E-state index contributed by atoms with van der Waals surface area (Å²) in [6.45, 7) is 1.85. The molecule has 1 aromatic heterocycles. The largest absolute Gasteiger partial charge is 0.348 e. The summed E-state index contributed by atoms with van der Waals surface area (Å²) in [5, 5.41) is 11.9. The number of carbonyl (C=O) groups is 1. The lowest BCUT2D eigenvalue weighted by Gasteiger charge is -2.15. The highest BCUT2D eigenvalue weighted by Gasteiger charge is 2.21. The Hall–Kier alpha value is -1.88. The number of amides is 1. The summed E-state index contributed by atoms with van der Waals surface area (Å²) in [6.07, 6.45) is 6.98. The first-order valence-corrected chi connectivity index (χ1v) is 8.52. The van der Waals surface area contributed by atoms with E-state index < -0.39 is 0 Å². The van der Waals surface area contributed by atoms with Crippen LogP contribution in [-0.4, -0.2) is 26.9 Å². The van der Waals surface area contributed by atoms with E-state index in [4.69, 9.17) is 11.6 Å². The van der Waals surface area contributed by atoms with E-state index in [1.807, 2.05) is 19.1 Å². The van der Waals surface area contributed by atoms with Gasteiger partial charge < -0.3 is 5.32 Å². The smallest absolute Gasteiger partial charge is 0.273 e. The van der Waals surface area contributed by atoms with Gasteiger partial charge >= 0.3 is 0 Å². The van der Waals surface area contributed by atoms with Gasteiger partial charge in [0.15, 0.2) is 5.69 Å². The molecule has 122 valence electrons. The van der Waals surface area contributed by atoms with Crippen molar-refractivity contribution in [2.24, 2.45) is 0 Å². The van der Waals surface area contributed by atoms with Crippen LogP contribution in [-0.2, 0) is 0 Å². The Balaban J connectivity index is 1.77. The molecule has 1 N–H and O–H groups in total. The third-order valence-corrected chi connectivity index (χ3v) is 4.59. The molecule has 1 heterocycles. The van der Waals surface area contributed by atoms with Gasteiger partial charge in [-0.15, -0.1) is 5.10 Å². The van der Waals surface area contributed by atoms with Gasteiger partial charge in [0.1, 0.15) is 0 Å². The van der Waals surface area contributed by atoms with Crippen molar-refractivity contribution in [3.8, 4) is 5.69 Å². The fourth-order valence-corrected chi connectivity index (χ4v) is 3.25. The predicted octanol–water partition coefficient (Wildman–Crippen LogP) is 3.68. The average Bonchev–Trinajstić information content (AvgIpc) is 2.74. The van der Waals surface area contributed by atoms with Gasteiger partial charge in [0, 0.05) is 11.1 Å². The topological polar surface area (TPSA) is 59.8 Å². The van der Waals surface area contributed by atoms with Crippen LogP contribution in [0, 0.1) is 6.92 Å². The first-order chi connectivity index (χ1) is 11.1. The van der Waals surface area contributed by atoms with Gasteiger partial charge in [-0.05, 0) is 38.0 Å². The second-order valence-electron chi connectivity index (χ2n) is 6.08. The minimum absolute atomic E-state index is 0.136. The van der Waals surface area contributed by atoms with Crippen molar-refractivity contribution in [1.82, 2.24) is 20.3 Å². The molecule has 1 aliphatic carbocycles. The number of halogens is 1. The average molecular weight is 333 g/mol. The maximum absolute atomic E-state index is 12.5. The molecular weight excluding hydrogens is 312 g/mol. The number of hydrogen-bond donors (Lipinski definition) is 1. The first-order valence-electron chi connectivity index (χ1n) is 8.14. The second-order valence-corrected chi connectivity index (χ2v) is 6.51. The van der Waals surface area contributed by atoms with Gasteiger partial charge in [0.25, 0.3) is 5.91 Å². The molecule has 1 aliphatic rings. The van der Waals surface area contributed by atoms with Crippen LogP contribution in [0.3, 0.4) is 0 Å². The predicted molar refractivity (Wildman–Crippen MR) is 90.1 cm³/mol. The zero-order valence-electron chi connectivity index (χ0n) is 13.3. The lowest BCUT2D eigenvalue weighted by atomic mass is 10.1. The van der Waals surface area contributed by atoms with Crippen molar-refractivity contribution in [1.29, 1.82) is 0 Å². The molecular formula is C17H21ClN4O. The molecule has 0 spiro atoms. The molecule has 6 heteroatoms. The summed E-state index contributed by atoms with van der Waals surface area (Å²) in [5.74, 6) is -0.136. The lowest BCUT2D eigenvalue weighted by Crippen LogP contribution is -2.35. The third kappa shape index (κ3) is 3.72. The van der Waals surface area contributed by atoms with E-state index in [1.54, 1.807) is 16.8 Å². The number of rotatable bonds is 3. The number of nitrogens with zero attached hydrogens (tertiary/aromatic N) is 3. The van der Waals surface area contributed by atoms with Crippen LogP contribution in [0.1, 0.15) is 54.7 Å². The first kappa shape index (κ1) is 16.0. The lowest BCUT2D eigenvalue weighted by molar-refractivity contribution is 0.0927. The van der Waals surface area contributed by atoms with Crippen molar-refractivity contribution in [3.63, 3.8) is 0 Å². The van der Waals surface area contributed by atoms with E-state index in [1.165, 1.54) is 25.7 Å². The summed E-state index contributed by atoms with van der Waals surface area (Å²) < 4.78 is 1.65. The van der Waals surface area contributed by atoms with Gasteiger partial charge in [-0.2, -0.15) is 0 Å². The van der Waals surface area contributed by atoms with Crippen LogP contribution in [0.25, 0.3) is 5.69 Å². The Bertz CT molecular complexity index is 690. The minimum Gasteiger partial charge on any atom is -0.348 e. The Labute approximate surface area is 141 Å². The maximum Gasteiger partial charge on any atom is 0.273 e. The Morgan fingerprint density at radius 2 is 2.00 bits per heavy atom. The highest BCUT2D eigenvalue weighted by atomic mass is 35.5. The van der Waals surface area contributed by atoms with Crippen molar-refractivity contribution >= 4 is 17.5 Å². The fourth-order valence-electron chi connectivity index (χ4n) is 3.07. The summed E-state index contributed by atoms with van der Waals surface area (Å²) in [6, 6.07) is 7.60. The van der Waals surface area contributed by atoms with E-state index in [2.05, 4.69) is 15.6 Å². The Morgan fingerprint density at radius 3 is 2.70 bits per heavy atom. The van der Waals surface area contributed by atoms with Crippen LogP contribution in [0.15, 0.2) is 24.3 Å². The molecule has 5 nitrogen and oxygen atoms in total. The monoisotopic (exact) mass is 332 g/mol. The van der Waals surface area contributed by atoms with Gasteiger partial charge in [-0.25, -0.2) is 4.68 Å². The SMILES string of the molecule is Cc1c(C(=O)NC2CCCCCC2)nnn1-c1cccc(Cl)c1. The van der Waals surface area contributed by atoms with E-state index in [-0.39, 0.29) is 11.9 Å². The highest BCUT2D eigenvalue weighted by Crippen LogP contribution is 2.19. The van der Waals surface area contributed by atoms with Gasteiger partial charge in [-0.3, -0.25) is 4.79 Å². The number of aromatic nitrogens is 3. The molecule has 1 aromatic carbocycles. The van der Waals surface area contributed by atoms with Crippen molar-refractivity contribution in [2.45, 2.75) is 51.5 Å². The van der Waals surface area contributed by atoms with Crippen LogP contribution in [0.2, 0.25) is 5.02 Å². The molecule has 0 aliphatic heterocycles. The van der Waals surface area contributed by atoms with Gasteiger partial charge in [0.2, 0.25) is 0 Å². The van der Waals surface area contributed by atoms with Crippen LogP contribution < -0.4 is 5.32 Å². The molecule has 0 unspecified atom stereocenters. The zero-order valence-corrected chi connectivity index (χ0v) is 14.0.